The zero-order valence-electron chi connectivity index (χ0n) is 12.1. The van der Waals surface area contributed by atoms with Crippen molar-refractivity contribution in [3.05, 3.63) is 52.5 Å². The van der Waals surface area contributed by atoms with Crippen LogP contribution in [0.2, 0.25) is 5.02 Å². The Kier molecular flexibility index (Phi) is 3.96. The van der Waals surface area contributed by atoms with E-state index in [0.717, 1.165) is 6.07 Å². The number of ether oxygens (including phenoxy) is 1. The maximum absolute atomic E-state index is 12.9. The maximum atomic E-state index is 12.9. The minimum Gasteiger partial charge on any atom is -0.465 e. The topological polar surface area (TPSA) is 52.3 Å². The number of esters is 1. The van der Waals surface area contributed by atoms with Gasteiger partial charge >= 0.3 is 12.1 Å². The molecule has 0 aliphatic rings. The van der Waals surface area contributed by atoms with Gasteiger partial charge in [0, 0.05) is 0 Å². The fourth-order valence-electron chi connectivity index (χ4n) is 2.20. The fraction of sp³-hybridized carbons (Fsp3) is 0.125. The van der Waals surface area contributed by atoms with Crippen LogP contribution in [0.4, 0.5) is 13.2 Å². The van der Waals surface area contributed by atoms with Crippen molar-refractivity contribution in [1.29, 1.82) is 0 Å². The summed E-state index contributed by atoms with van der Waals surface area (Å²) in [6.45, 7) is 0. The second-order valence-corrected chi connectivity index (χ2v) is 5.24. The molecule has 0 saturated carbocycles. The number of hydrogen-bond acceptors (Lipinski definition) is 4. The molecule has 0 aliphatic carbocycles. The molecule has 0 radical (unpaired) electrons. The predicted molar refractivity (Wildman–Crippen MR) is 80.8 cm³/mol. The molecule has 2 aromatic carbocycles. The smallest absolute Gasteiger partial charge is 0.417 e. The van der Waals surface area contributed by atoms with E-state index in [2.05, 4.69) is 9.72 Å². The van der Waals surface area contributed by atoms with E-state index in [1.54, 1.807) is 0 Å². The molecule has 0 fully saturated rings. The lowest BCUT2D eigenvalue weighted by molar-refractivity contribution is -0.137. The van der Waals surface area contributed by atoms with Crippen molar-refractivity contribution in [2.24, 2.45) is 0 Å². The number of benzene rings is 2. The highest BCUT2D eigenvalue weighted by molar-refractivity contribution is 6.34. The highest BCUT2D eigenvalue weighted by Gasteiger charge is 2.34. The molecule has 3 rings (SSSR count). The first-order chi connectivity index (χ1) is 11.3. The van der Waals surface area contributed by atoms with E-state index < -0.39 is 22.7 Å². The van der Waals surface area contributed by atoms with Crippen LogP contribution < -0.4 is 0 Å². The third kappa shape index (κ3) is 2.82. The van der Waals surface area contributed by atoms with Crippen LogP contribution in [-0.4, -0.2) is 18.1 Å². The molecule has 24 heavy (non-hydrogen) atoms. The number of hydrogen-bond donors (Lipinski definition) is 0. The number of alkyl halides is 3. The summed E-state index contributed by atoms with van der Waals surface area (Å²) in [5.41, 5.74) is -0.100. The van der Waals surface area contributed by atoms with Crippen LogP contribution in [0, 0.1) is 0 Å². The van der Waals surface area contributed by atoms with Crippen molar-refractivity contribution >= 4 is 28.7 Å². The molecule has 0 atom stereocenters. The molecule has 4 nitrogen and oxygen atoms in total. The lowest BCUT2D eigenvalue weighted by Crippen LogP contribution is -2.06. The van der Waals surface area contributed by atoms with Gasteiger partial charge in [-0.3, -0.25) is 0 Å². The van der Waals surface area contributed by atoms with Crippen LogP contribution in [-0.2, 0) is 10.9 Å². The summed E-state index contributed by atoms with van der Waals surface area (Å²) >= 11 is 5.87. The van der Waals surface area contributed by atoms with Gasteiger partial charge in [-0.2, -0.15) is 13.2 Å². The van der Waals surface area contributed by atoms with E-state index in [0.29, 0.717) is 5.52 Å². The molecule has 0 aliphatic heterocycles. The Morgan fingerprint density at radius 3 is 2.67 bits per heavy atom. The van der Waals surface area contributed by atoms with Gasteiger partial charge in [-0.25, -0.2) is 9.78 Å². The van der Waals surface area contributed by atoms with Crippen molar-refractivity contribution in [3.8, 4) is 11.5 Å². The molecule has 0 amide bonds. The number of carbonyl (C=O) groups excluding carboxylic acids is 1. The molecule has 0 saturated heterocycles. The predicted octanol–water partition coefficient (Wildman–Crippen LogP) is 4.95. The summed E-state index contributed by atoms with van der Waals surface area (Å²) < 4.78 is 48.9. The van der Waals surface area contributed by atoms with Crippen molar-refractivity contribution in [3.63, 3.8) is 0 Å². The zero-order chi connectivity index (χ0) is 17.5. The van der Waals surface area contributed by atoms with Gasteiger partial charge < -0.3 is 9.15 Å². The van der Waals surface area contributed by atoms with Crippen LogP contribution in [0.25, 0.3) is 22.6 Å². The van der Waals surface area contributed by atoms with Crippen molar-refractivity contribution in [2.75, 3.05) is 7.11 Å². The second-order valence-electron chi connectivity index (χ2n) is 4.86. The molecule has 0 spiro atoms. The van der Waals surface area contributed by atoms with Gasteiger partial charge in [-0.1, -0.05) is 17.7 Å². The molecular weight excluding hydrogens is 347 g/mol. The first-order valence-electron chi connectivity index (χ1n) is 6.66. The number of nitrogens with zero attached hydrogens (tertiary/aromatic N) is 1. The van der Waals surface area contributed by atoms with Crippen LogP contribution in [0.3, 0.4) is 0 Å². The Hall–Kier alpha value is -2.54. The van der Waals surface area contributed by atoms with E-state index in [1.807, 2.05) is 0 Å². The normalized spacial score (nSPS) is 11.7. The largest absolute Gasteiger partial charge is 0.465 e. The maximum Gasteiger partial charge on any atom is 0.417 e. The molecule has 0 unspecified atom stereocenters. The average molecular weight is 356 g/mol. The molecule has 3 aromatic rings. The van der Waals surface area contributed by atoms with Gasteiger partial charge in [-0.05, 0) is 30.3 Å². The molecule has 1 heterocycles. The first kappa shape index (κ1) is 16.3. The van der Waals surface area contributed by atoms with Crippen molar-refractivity contribution in [1.82, 2.24) is 4.98 Å². The minimum absolute atomic E-state index is 0.0160. The van der Waals surface area contributed by atoms with Crippen LogP contribution in [0.15, 0.2) is 40.8 Å². The Balaban J connectivity index is 2.12. The first-order valence-corrected chi connectivity index (χ1v) is 7.04. The number of carbonyl (C=O) groups is 1. The Labute approximate surface area is 138 Å². The molecule has 0 bridgehead atoms. The van der Waals surface area contributed by atoms with Gasteiger partial charge in [0.2, 0.25) is 5.89 Å². The quantitative estimate of drug-likeness (QED) is 0.610. The molecule has 0 N–H and O–H groups in total. The van der Waals surface area contributed by atoms with E-state index >= 15 is 0 Å². The van der Waals surface area contributed by atoms with E-state index in [-0.39, 0.29) is 22.6 Å². The van der Waals surface area contributed by atoms with E-state index in [9.17, 15) is 18.0 Å². The number of rotatable bonds is 2. The summed E-state index contributed by atoms with van der Waals surface area (Å²) in [7, 11) is 1.24. The summed E-state index contributed by atoms with van der Waals surface area (Å²) in [5.74, 6) is -0.630. The molecule has 1 aromatic heterocycles. The number of halogens is 4. The highest BCUT2D eigenvalue weighted by atomic mass is 35.5. The molecule has 8 heteroatoms. The summed E-state index contributed by atoms with van der Waals surface area (Å²) in [6, 6.07) is 7.87. The summed E-state index contributed by atoms with van der Waals surface area (Å²) in [5, 5.41) is -0.496. The SMILES string of the molecule is COC(=O)c1ccc2nc(-c3cccc(C(F)(F)F)c3Cl)oc2c1. The van der Waals surface area contributed by atoms with Crippen molar-refractivity contribution < 1.29 is 27.1 Å². The Morgan fingerprint density at radius 1 is 1.25 bits per heavy atom. The van der Waals surface area contributed by atoms with Crippen LogP contribution in [0.5, 0.6) is 0 Å². The number of methoxy groups -OCH3 is 1. The van der Waals surface area contributed by atoms with E-state index in [1.165, 1.54) is 37.4 Å². The summed E-state index contributed by atoms with van der Waals surface area (Å²) in [6.07, 6.45) is -4.59. The standard InChI is InChI=1S/C16H9ClF3NO3/c1-23-15(22)8-5-6-11-12(7-8)24-14(21-11)9-3-2-4-10(13(9)17)16(18,19)20/h2-7H,1H3. The van der Waals surface area contributed by atoms with Gasteiger partial charge in [0.25, 0.3) is 0 Å². The zero-order valence-corrected chi connectivity index (χ0v) is 12.9. The van der Waals surface area contributed by atoms with E-state index in [4.69, 9.17) is 16.0 Å². The minimum atomic E-state index is -4.59. The monoisotopic (exact) mass is 355 g/mol. The van der Waals surface area contributed by atoms with Gasteiger partial charge in [0.15, 0.2) is 5.58 Å². The lowest BCUT2D eigenvalue weighted by atomic mass is 10.1. The van der Waals surface area contributed by atoms with Crippen LogP contribution in [0.1, 0.15) is 15.9 Å². The Bertz CT molecular complexity index is 934. The second kappa shape index (κ2) is 5.83. The fourth-order valence-corrected chi connectivity index (χ4v) is 2.51. The van der Waals surface area contributed by atoms with Crippen molar-refractivity contribution in [2.45, 2.75) is 6.18 Å². The average Bonchev–Trinajstić information content (AvgIpc) is 2.95. The lowest BCUT2D eigenvalue weighted by Gasteiger charge is -2.10. The molecular formula is C16H9ClF3NO3. The number of oxazole rings is 1. The summed E-state index contributed by atoms with van der Waals surface area (Å²) in [4.78, 5) is 15.6. The third-order valence-corrected chi connectivity index (χ3v) is 3.75. The van der Waals surface area contributed by atoms with Gasteiger partial charge in [0.1, 0.15) is 5.52 Å². The Morgan fingerprint density at radius 2 is 2.00 bits per heavy atom. The molecule has 124 valence electrons. The number of aromatic nitrogens is 1. The number of fused-ring (bicyclic) bond motifs is 1. The third-order valence-electron chi connectivity index (χ3n) is 3.34. The van der Waals surface area contributed by atoms with Gasteiger partial charge in [-0.15, -0.1) is 0 Å². The highest BCUT2D eigenvalue weighted by Crippen LogP contribution is 2.40. The van der Waals surface area contributed by atoms with Gasteiger partial charge in [0.05, 0.1) is 28.8 Å². The van der Waals surface area contributed by atoms with Crippen LogP contribution >= 0.6 is 11.6 Å².